The first kappa shape index (κ1) is 13.1. The van der Waals surface area contributed by atoms with Crippen LogP contribution in [0.15, 0.2) is 16.7 Å². The van der Waals surface area contributed by atoms with Gasteiger partial charge >= 0.3 is 0 Å². The predicted octanol–water partition coefficient (Wildman–Crippen LogP) is 1.58. The average molecular weight is 314 g/mol. The van der Waals surface area contributed by atoms with Crippen molar-refractivity contribution in [2.75, 3.05) is 0 Å². The first-order chi connectivity index (χ1) is 8.31. The summed E-state index contributed by atoms with van der Waals surface area (Å²) >= 11 is 3.36. The van der Waals surface area contributed by atoms with Gasteiger partial charge in [-0.25, -0.2) is 0 Å². The van der Waals surface area contributed by atoms with Crippen LogP contribution in [0, 0.1) is 0 Å². The lowest BCUT2D eigenvalue weighted by Crippen LogP contribution is -2.53. The maximum absolute atomic E-state index is 12.2. The van der Waals surface area contributed by atoms with Gasteiger partial charge < -0.3 is 15.6 Å². The van der Waals surface area contributed by atoms with Gasteiger partial charge in [-0.3, -0.25) is 9.59 Å². The number of primary amides is 1. The molecule has 0 radical (unpaired) electrons. The van der Waals surface area contributed by atoms with E-state index in [1.54, 1.807) is 19.9 Å². The van der Waals surface area contributed by atoms with Gasteiger partial charge in [-0.2, -0.15) is 0 Å². The Morgan fingerprint density at radius 3 is 2.61 bits per heavy atom. The van der Waals surface area contributed by atoms with Crippen LogP contribution in [0.25, 0.3) is 0 Å². The van der Waals surface area contributed by atoms with Gasteiger partial charge in [0.2, 0.25) is 5.91 Å². The summed E-state index contributed by atoms with van der Waals surface area (Å²) in [6.07, 6.45) is 4.06. The highest BCUT2D eigenvalue weighted by Gasteiger charge is 2.31. The highest BCUT2D eigenvalue weighted by Crippen LogP contribution is 2.37. The molecule has 1 aromatic rings. The second-order valence-corrected chi connectivity index (χ2v) is 6.04. The van der Waals surface area contributed by atoms with Crippen LogP contribution in [0.1, 0.15) is 43.2 Å². The summed E-state index contributed by atoms with van der Waals surface area (Å²) < 4.78 is 2.80. The lowest BCUT2D eigenvalue weighted by molar-refractivity contribution is -0.122. The van der Waals surface area contributed by atoms with Crippen LogP contribution in [-0.4, -0.2) is 21.9 Å². The Morgan fingerprint density at radius 1 is 1.50 bits per heavy atom. The van der Waals surface area contributed by atoms with Crippen LogP contribution in [-0.2, 0) is 4.79 Å². The molecule has 1 fully saturated rings. The van der Waals surface area contributed by atoms with E-state index in [-0.39, 0.29) is 5.91 Å². The lowest BCUT2D eigenvalue weighted by atomic mass is 10.1. The molecule has 18 heavy (non-hydrogen) atoms. The molecule has 1 aromatic heterocycles. The van der Waals surface area contributed by atoms with Crippen molar-refractivity contribution in [2.24, 2.45) is 5.73 Å². The minimum atomic E-state index is -1.05. The number of halogens is 1. The SMILES string of the molecule is CC(C)(NC(=O)c1cc(Br)cn1C1CC1)C(N)=O. The standard InChI is InChI=1S/C12H16BrN3O2/c1-12(2,11(14)18)15-10(17)9-5-7(13)6-16(9)8-3-4-8/h5-6,8H,3-4H2,1-2H3,(H2,14,18)(H,15,17). The third-order valence-electron chi connectivity index (χ3n) is 3.03. The average Bonchev–Trinajstić information content (AvgIpc) is 3.01. The number of carbonyl (C=O) groups is 2. The van der Waals surface area contributed by atoms with E-state index in [2.05, 4.69) is 21.2 Å². The molecule has 0 atom stereocenters. The number of nitrogens with one attached hydrogen (secondary N) is 1. The van der Waals surface area contributed by atoms with E-state index in [0.717, 1.165) is 17.3 Å². The topological polar surface area (TPSA) is 77.1 Å². The molecule has 0 saturated heterocycles. The number of amides is 2. The molecular formula is C12H16BrN3O2. The highest BCUT2D eigenvalue weighted by atomic mass is 79.9. The third kappa shape index (κ3) is 2.58. The summed E-state index contributed by atoms with van der Waals surface area (Å²) in [6.45, 7) is 3.18. The molecule has 0 aromatic carbocycles. The highest BCUT2D eigenvalue weighted by molar-refractivity contribution is 9.10. The maximum atomic E-state index is 12.2. The number of nitrogens with zero attached hydrogens (tertiary/aromatic N) is 1. The van der Waals surface area contributed by atoms with Crippen molar-refractivity contribution in [1.82, 2.24) is 9.88 Å². The monoisotopic (exact) mass is 313 g/mol. The fourth-order valence-corrected chi connectivity index (χ4v) is 2.13. The van der Waals surface area contributed by atoms with Crippen LogP contribution >= 0.6 is 15.9 Å². The van der Waals surface area contributed by atoms with E-state index >= 15 is 0 Å². The molecule has 1 heterocycles. The molecule has 2 amide bonds. The number of nitrogens with two attached hydrogens (primary N) is 1. The molecule has 6 heteroatoms. The first-order valence-corrected chi connectivity index (χ1v) is 6.60. The first-order valence-electron chi connectivity index (χ1n) is 5.81. The second kappa shape index (κ2) is 4.42. The summed E-state index contributed by atoms with van der Waals surface area (Å²) in [5.41, 5.74) is 4.74. The van der Waals surface area contributed by atoms with E-state index in [0.29, 0.717) is 11.7 Å². The van der Waals surface area contributed by atoms with Gasteiger partial charge in [0.15, 0.2) is 0 Å². The normalized spacial score (nSPS) is 15.5. The number of hydrogen-bond donors (Lipinski definition) is 2. The number of hydrogen-bond acceptors (Lipinski definition) is 2. The van der Waals surface area contributed by atoms with E-state index < -0.39 is 11.4 Å². The van der Waals surface area contributed by atoms with Crippen molar-refractivity contribution in [2.45, 2.75) is 38.3 Å². The summed E-state index contributed by atoms with van der Waals surface area (Å²) in [4.78, 5) is 23.4. The molecular weight excluding hydrogens is 298 g/mol. The Kier molecular flexibility index (Phi) is 3.23. The summed E-state index contributed by atoms with van der Waals surface area (Å²) in [6, 6.07) is 2.15. The minimum absolute atomic E-state index is 0.281. The Bertz CT molecular complexity index is 503. The van der Waals surface area contributed by atoms with Crippen LogP contribution < -0.4 is 11.1 Å². The molecule has 0 aliphatic heterocycles. The molecule has 1 aliphatic rings. The van der Waals surface area contributed by atoms with Crippen LogP contribution in [0.5, 0.6) is 0 Å². The van der Waals surface area contributed by atoms with Gasteiger partial charge in [-0.15, -0.1) is 0 Å². The summed E-state index contributed by atoms with van der Waals surface area (Å²) in [5.74, 6) is -0.837. The molecule has 98 valence electrons. The molecule has 2 rings (SSSR count). The van der Waals surface area contributed by atoms with Crippen molar-refractivity contribution < 1.29 is 9.59 Å². The fourth-order valence-electron chi connectivity index (χ4n) is 1.69. The van der Waals surface area contributed by atoms with Gasteiger partial charge in [-0.1, -0.05) is 0 Å². The lowest BCUT2D eigenvalue weighted by Gasteiger charge is -2.22. The van der Waals surface area contributed by atoms with Gasteiger partial charge in [0, 0.05) is 16.7 Å². The quantitative estimate of drug-likeness (QED) is 0.885. The van der Waals surface area contributed by atoms with Crippen LogP contribution in [0.2, 0.25) is 0 Å². The van der Waals surface area contributed by atoms with Gasteiger partial charge in [0.05, 0.1) is 0 Å². The second-order valence-electron chi connectivity index (χ2n) is 5.13. The van der Waals surface area contributed by atoms with Crippen LogP contribution in [0.3, 0.4) is 0 Å². The summed E-state index contributed by atoms with van der Waals surface area (Å²) in [7, 11) is 0. The van der Waals surface area contributed by atoms with Gasteiger partial charge in [-0.05, 0) is 48.7 Å². The minimum Gasteiger partial charge on any atom is -0.368 e. The van der Waals surface area contributed by atoms with Crippen molar-refractivity contribution >= 4 is 27.7 Å². The number of carbonyl (C=O) groups excluding carboxylic acids is 2. The van der Waals surface area contributed by atoms with E-state index in [1.807, 2.05) is 10.8 Å². The van der Waals surface area contributed by atoms with Gasteiger partial charge in [0.25, 0.3) is 5.91 Å². The van der Waals surface area contributed by atoms with Crippen LogP contribution in [0.4, 0.5) is 0 Å². The Balaban J connectivity index is 2.21. The zero-order valence-electron chi connectivity index (χ0n) is 10.4. The Hall–Kier alpha value is -1.30. The van der Waals surface area contributed by atoms with Crippen molar-refractivity contribution in [3.8, 4) is 0 Å². The molecule has 1 saturated carbocycles. The Labute approximate surface area is 114 Å². The predicted molar refractivity (Wildman–Crippen MR) is 71.1 cm³/mol. The molecule has 0 spiro atoms. The van der Waals surface area contributed by atoms with E-state index in [1.165, 1.54) is 0 Å². The zero-order chi connectivity index (χ0) is 13.5. The van der Waals surface area contributed by atoms with E-state index in [4.69, 9.17) is 5.73 Å². The zero-order valence-corrected chi connectivity index (χ0v) is 12.0. The number of rotatable bonds is 4. The largest absolute Gasteiger partial charge is 0.368 e. The van der Waals surface area contributed by atoms with Crippen molar-refractivity contribution in [1.29, 1.82) is 0 Å². The fraction of sp³-hybridized carbons (Fsp3) is 0.500. The molecule has 3 N–H and O–H groups in total. The third-order valence-corrected chi connectivity index (χ3v) is 3.46. The molecule has 0 unspecified atom stereocenters. The number of aromatic nitrogens is 1. The van der Waals surface area contributed by atoms with E-state index in [9.17, 15) is 9.59 Å². The molecule has 5 nitrogen and oxygen atoms in total. The van der Waals surface area contributed by atoms with Crippen molar-refractivity contribution in [3.05, 3.63) is 22.4 Å². The maximum Gasteiger partial charge on any atom is 0.268 e. The smallest absolute Gasteiger partial charge is 0.268 e. The Morgan fingerprint density at radius 2 is 2.11 bits per heavy atom. The summed E-state index contributed by atoms with van der Waals surface area (Å²) in [5, 5.41) is 2.65. The molecule has 0 bridgehead atoms. The molecule has 1 aliphatic carbocycles. The van der Waals surface area contributed by atoms with Crippen molar-refractivity contribution in [3.63, 3.8) is 0 Å². The van der Waals surface area contributed by atoms with Gasteiger partial charge in [0.1, 0.15) is 11.2 Å².